The number of carboxylic acids is 1. The Hall–Kier alpha value is -2.70. The molecule has 3 rings (SSSR count). The summed E-state index contributed by atoms with van der Waals surface area (Å²) in [5.74, 6) is -0.248. The van der Waals surface area contributed by atoms with Crippen LogP contribution >= 0.6 is 0 Å². The molecule has 1 N–H and O–H groups in total. The standard InChI is InChI=1S/C19H23N3O4/c1-18(2,3)16-20-14(26-21-16)12-7-5-6-8-13(12)15(23)22-10-9-19(4,11-22)17(24)25/h5-8H,9-11H2,1-4H3,(H,24,25). The van der Waals surface area contributed by atoms with Crippen LogP contribution in [-0.2, 0) is 10.2 Å². The van der Waals surface area contributed by atoms with Gasteiger partial charge in [-0.25, -0.2) is 0 Å². The number of amides is 1. The van der Waals surface area contributed by atoms with Gasteiger partial charge in [0.15, 0.2) is 5.82 Å². The van der Waals surface area contributed by atoms with Gasteiger partial charge in [-0.15, -0.1) is 0 Å². The van der Waals surface area contributed by atoms with Crippen molar-refractivity contribution in [2.24, 2.45) is 5.41 Å². The van der Waals surface area contributed by atoms with Gasteiger partial charge in [0.25, 0.3) is 11.8 Å². The highest BCUT2D eigenvalue weighted by Gasteiger charge is 2.42. The summed E-state index contributed by atoms with van der Waals surface area (Å²) in [7, 11) is 0. The number of aliphatic carboxylic acids is 1. The Labute approximate surface area is 152 Å². The van der Waals surface area contributed by atoms with E-state index in [9.17, 15) is 14.7 Å². The first-order valence-electron chi connectivity index (χ1n) is 8.58. The minimum Gasteiger partial charge on any atom is -0.481 e. The van der Waals surface area contributed by atoms with E-state index in [2.05, 4.69) is 10.1 Å². The van der Waals surface area contributed by atoms with E-state index >= 15 is 0 Å². The monoisotopic (exact) mass is 357 g/mol. The molecule has 138 valence electrons. The van der Waals surface area contributed by atoms with E-state index in [1.54, 1.807) is 36.1 Å². The van der Waals surface area contributed by atoms with Gasteiger partial charge in [0.05, 0.1) is 16.5 Å². The number of rotatable bonds is 3. The van der Waals surface area contributed by atoms with Gasteiger partial charge >= 0.3 is 5.97 Å². The first kappa shape index (κ1) is 18.1. The zero-order valence-electron chi connectivity index (χ0n) is 15.4. The minimum absolute atomic E-state index is 0.187. The number of hydrogen-bond donors (Lipinski definition) is 1. The molecule has 1 saturated heterocycles. The summed E-state index contributed by atoms with van der Waals surface area (Å²) in [5, 5.41) is 13.4. The molecule has 1 aromatic heterocycles. The fraction of sp³-hybridized carbons (Fsp3) is 0.474. The maximum Gasteiger partial charge on any atom is 0.311 e. The Morgan fingerprint density at radius 1 is 1.27 bits per heavy atom. The van der Waals surface area contributed by atoms with Crippen molar-refractivity contribution in [3.8, 4) is 11.5 Å². The lowest BCUT2D eigenvalue weighted by atomic mass is 9.90. The van der Waals surface area contributed by atoms with E-state index < -0.39 is 11.4 Å². The van der Waals surface area contributed by atoms with Crippen LogP contribution in [0.1, 0.15) is 50.3 Å². The zero-order valence-corrected chi connectivity index (χ0v) is 15.4. The smallest absolute Gasteiger partial charge is 0.311 e. The van der Waals surface area contributed by atoms with Crippen LogP contribution in [0.25, 0.3) is 11.5 Å². The van der Waals surface area contributed by atoms with Crippen LogP contribution in [0.3, 0.4) is 0 Å². The van der Waals surface area contributed by atoms with Crippen LogP contribution in [-0.4, -0.2) is 45.1 Å². The largest absolute Gasteiger partial charge is 0.481 e. The number of carbonyl (C=O) groups excluding carboxylic acids is 1. The molecule has 1 aromatic carbocycles. The SMILES string of the molecule is CC1(C(=O)O)CCN(C(=O)c2ccccc2-c2nc(C(C)(C)C)no2)C1. The van der Waals surface area contributed by atoms with Crippen molar-refractivity contribution in [2.45, 2.75) is 39.5 Å². The van der Waals surface area contributed by atoms with Gasteiger partial charge in [0.1, 0.15) is 0 Å². The summed E-state index contributed by atoms with van der Waals surface area (Å²) in [6.45, 7) is 8.21. The van der Waals surface area contributed by atoms with Crippen molar-refractivity contribution in [2.75, 3.05) is 13.1 Å². The fourth-order valence-corrected chi connectivity index (χ4v) is 2.97. The van der Waals surface area contributed by atoms with Gasteiger partial charge in [-0.3, -0.25) is 9.59 Å². The van der Waals surface area contributed by atoms with E-state index in [4.69, 9.17) is 4.52 Å². The first-order chi connectivity index (χ1) is 12.1. The van der Waals surface area contributed by atoms with Crippen molar-refractivity contribution < 1.29 is 19.2 Å². The predicted molar refractivity (Wildman–Crippen MR) is 94.7 cm³/mol. The second kappa shape index (κ2) is 6.23. The van der Waals surface area contributed by atoms with Crippen molar-refractivity contribution >= 4 is 11.9 Å². The Morgan fingerprint density at radius 2 is 1.96 bits per heavy atom. The van der Waals surface area contributed by atoms with Gasteiger partial charge in [-0.05, 0) is 25.5 Å². The molecule has 1 atom stereocenters. The maximum atomic E-state index is 13.0. The normalized spacial score (nSPS) is 20.4. The molecule has 1 fully saturated rings. The molecular weight excluding hydrogens is 334 g/mol. The van der Waals surface area contributed by atoms with Crippen molar-refractivity contribution in [1.82, 2.24) is 15.0 Å². The Bertz CT molecular complexity index is 852. The number of likely N-dealkylation sites (tertiary alicyclic amines) is 1. The summed E-state index contributed by atoms with van der Waals surface area (Å²) in [5.41, 5.74) is -0.177. The number of carbonyl (C=O) groups is 2. The molecule has 0 saturated carbocycles. The summed E-state index contributed by atoms with van der Waals surface area (Å²) >= 11 is 0. The quantitative estimate of drug-likeness (QED) is 0.907. The van der Waals surface area contributed by atoms with Crippen LogP contribution in [0.5, 0.6) is 0 Å². The topological polar surface area (TPSA) is 96.5 Å². The van der Waals surface area contributed by atoms with Crippen molar-refractivity contribution in [3.63, 3.8) is 0 Å². The van der Waals surface area contributed by atoms with Gasteiger partial charge in [0.2, 0.25) is 0 Å². The third-order valence-electron chi connectivity index (χ3n) is 4.76. The van der Waals surface area contributed by atoms with E-state index in [-0.39, 0.29) is 17.9 Å². The second-order valence-electron chi connectivity index (χ2n) is 8.06. The van der Waals surface area contributed by atoms with Crippen LogP contribution < -0.4 is 0 Å². The molecule has 1 aliphatic heterocycles. The average Bonchev–Trinajstić information content (AvgIpc) is 3.22. The Morgan fingerprint density at radius 3 is 2.54 bits per heavy atom. The molecule has 7 heteroatoms. The molecule has 0 spiro atoms. The minimum atomic E-state index is -0.908. The number of hydrogen-bond acceptors (Lipinski definition) is 5. The lowest BCUT2D eigenvalue weighted by Crippen LogP contribution is -2.35. The van der Waals surface area contributed by atoms with Crippen molar-refractivity contribution in [1.29, 1.82) is 0 Å². The number of nitrogens with zero attached hydrogens (tertiary/aromatic N) is 3. The molecule has 2 heterocycles. The molecule has 0 radical (unpaired) electrons. The fourth-order valence-electron chi connectivity index (χ4n) is 2.97. The average molecular weight is 357 g/mol. The van der Waals surface area contributed by atoms with E-state index in [1.807, 2.05) is 20.8 Å². The molecule has 1 amide bonds. The zero-order chi connectivity index (χ0) is 19.1. The first-order valence-corrected chi connectivity index (χ1v) is 8.58. The molecule has 26 heavy (non-hydrogen) atoms. The number of carboxylic acid groups (broad SMARTS) is 1. The molecule has 0 aliphatic carbocycles. The second-order valence-corrected chi connectivity index (χ2v) is 8.06. The molecule has 7 nitrogen and oxygen atoms in total. The Balaban J connectivity index is 1.92. The third-order valence-corrected chi connectivity index (χ3v) is 4.76. The molecule has 1 unspecified atom stereocenters. The van der Waals surface area contributed by atoms with E-state index in [0.717, 1.165) is 0 Å². The van der Waals surface area contributed by atoms with Crippen LogP contribution in [0.2, 0.25) is 0 Å². The molecular formula is C19H23N3O4. The highest BCUT2D eigenvalue weighted by molar-refractivity contribution is 6.00. The van der Waals surface area contributed by atoms with E-state index in [1.165, 1.54) is 0 Å². The predicted octanol–water partition coefficient (Wildman–Crippen LogP) is 2.97. The molecule has 1 aliphatic rings. The third kappa shape index (κ3) is 3.21. The Kier molecular flexibility index (Phi) is 4.34. The van der Waals surface area contributed by atoms with Crippen LogP contribution in [0.4, 0.5) is 0 Å². The van der Waals surface area contributed by atoms with Crippen LogP contribution in [0, 0.1) is 5.41 Å². The lowest BCUT2D eigenvalue weighted by molar-refractivity contribution is -0.147. The summed E-state index contributed by atoms with van der Waals surface area (Å²) < 4.78 is 5.38. The lowest BCUT2D eigenvalue weighted by Gasteiger charge is -2.20. The molecule has 2 aromatic rings. The summed E-state index contributed by atoms with van der Waals surface area (Å²) in [6.07, 6.45) is 0.435. The molecule has 0 bridgehead atoms. The maximum absolute atomic E-state index is 13.0. The summed E-state index contributed by atoms with van der Waals surface area (Å²) in [4.78, 5) is 30.5. The van der Waals surface area contributed by atoms with Crippen LogP contribution in [0.15, 0.2) is 28.8 Å². The van der Waals surface area contributed by atoms with Gasteiger partial charge in [-0.2, -0.15) is 4.98 Å². The van der Waals surface area contributed by atoms with E-state index in [0.29, 0.717) is 35.8 Å². The van der Waals surface area contributed by atoms with Gasteiger partial charge < -0.3 is 14.5 Å². The van der Waals surface area contributed by atoms with Gasteiger partial charge in [-0.1, -0.05) is 38.1 Å². The summed E-state index contributed by atoms with van der Waals surface area (Å²) in [6, 6.07) is 7.04. The highest BCUT2D eigenvalue weighted by atomic mass is 16.5. The number of aromatic nitrogens is 2. The van der Waals surface area contributed by atoms with Crippen molar-refractivity contribution in [3.05, 3.63) is 35.7 Å². The van der Waals surface area contributed by atoms with Gasteiger partial charge in [0, 0.05) is 18.5 Å². The highest BCUT2D eigenvalue weighted by Crippen LogP contribution is 2.33. The number of benzene rings is 1.